The molecular weight excluding hydrogens is 254 g/mol. The smallest absolute Gasteiger partial charge is 0.0408 e. The summed E-state index contributed by atoms with van der Waals surface area (Å²) in [4.78, 5) is 0. The van der Waals surface area contributed by atoms with Gasteiger partial charge in [0.25, 0.3) is 0 Å². The van der Waals surface area contributed by atoms with Crippen LogP contribution in [-0.2, 0) is 6.42 Å². The Morgan fingerprint density at radius 3 is 2.79 bits per heavy atom. The van der Waals surface area contributed by atoms with Crippen LogP contribution < -0.4 is 5.32 Å². The van der Waals surface area contributed by atoms with Gasteiger partial charge in [0.2, 0.25) is 0 Å². The van der Waals surface area contributed by atoms with Crippen LogP contribution >= 0.6 is 11.6 Å². The molecule has 1 saturated carbocycles. The summed E-state index contributed by atoms with van der Waals surface area (Å²) in [5.41, 5.74) is 1.37. The van der Waals surface area contributed by atoms with Crippen LogP contribution in [0.1, 0.15) is 45.1 Å². The molecule has 2 heteroatoms. The number of nitrogens with one attached hydrogen (secondary N) is 1. The van der Waals surface area contributed by atoms with Gasteiger partial charge in [0.05, 0.1) is 0 Å². The second-order valence-electron chi connectivity index (χ2n) is 6.04. The molecular formula is C17H26ClN. The van der Waals surface area contributed by atoms with E-state index in [0.29, 0.717) is 0 Å². The van der Waals surface area contributed by atoms with Gasteiger partial charge in [-0.05, 0) is 55.3 Å². The number of hydrogen-bond acceptors (Lipinski definition) is 1. The summed E-state index contributed by atoms with van der Waals surface area (Å²) in [6.45, 7) is 5.83. The molecule has 0 spiro atoms. The van der Waals surface area contributed by atoms with Crippen LogP contribution in [0, 0.1) is 11.8 Å². The normalized spacial score (nSPS) is 18.3. The monoisotopic (exact) mass is 279 g/mol. The molecule has 0 aromatic heterocycles. The molecule has 0 radical (unpaired) electrons. The van der Waals surface area contributed by atoms with E-state index in [4.69, 9.17) is 11.6 Å². The topological polar surface area (TPSA) is 12.0 Å². The van der Waals surface area contributed by atoms with Crippen molar-refractivity contribution in [1.29, 1.82) is 0 Å². The zero-order valence-corrected chi connectivity index (χ0v) is 12.9. The van der Waals surface area contributed by atoms with Crippen LogP contribution in [0.4, 0.5) is 0 Å². The average molecular weight is 280 g/mol. The molecule has 1 aliphatic carbocycles. The molecule has 106 valence electrons. The van der Waals surface area contributed by atoms with Crippen LogP contribution in [0.25, 0.3) is 0 Å². The summed E-state index contributed by atoms with van der Waals surface area (Å²) < 4.78 is 0. The van der Waals surface area contributed by atoms with E-state index in [9.17, 15) is 0 Å². The van der Waals surface area contributed by atoms with Gasteiger partial charge in [-0.15, -0.1) is 0 Å². The molecule has 2 rings (SSSR count). The Morgan fingerprint density at radius 1 is 1.37 bits per heavy atom. The van der Waals surface area contributed by atoms with E-state index >= 15 is 0 Å². The number of rotatable bonds is 8. The zero-order valence-electron chi connectivity index (χ0n) is 12.2. The van der Waals surface area contributed by atoms with Crippen molar-refractivity contribution in [2.75, 3.05) is 6.54 Å². The van der Waals surface area contributed by atoms with Gasteiger partial charge in [-0.1, -0.05) is 50.4 Å². The first kappa shape index (κ1) is 14.9. The number of hydrogen-bond donors (Lipinski definition) is 1. The summed E-state index contributed by atoms with van der Waals surface area (Å²) in [5.74, 6) is 1.49. The highest BCUT2D eigenvalue weighted by atomic mass is 35.5. The van der Waals surface area contributed by atoms with Crippen LogP contribution in [-0.4, -0.2) is 12.6 Å². The van der Waals surface area contributed by atoms with E-state index < -0.39 is 0 Å². The first-order valence-corrected chi connectivity index (χ1v) is 8.04. The lowest BCUT2D eigenvalue weighted by Crippen LogP contribution is -2.30. The largest absolute Gasteiger partial charge is 0.314 e. The number of halogens is 1. The highest BCUT2D eigenvalue weighted by Gasteiger charge is 2.24. The molecule has 1 fully saturated rings. The highest BCUT2D eigenvalue weighted by Crippen LogP contribution is 2.25. The van der Waals surface area contributed by atoms with Gasteiger partial charge in [-0.2, -0.15) is 0 Å². The first-order chi connectivity index (χ1) is 9.19. The van der Waals surface area contributed by atoms with Crippen molar-refractivity contribution in [1.82, 2.24) is 5.32 Å². The summed E-state index contributed by atoms with van der Waals surface area (Å²) in [6.07, 6.45) is 6.47. The summed E-state index contributed by atoms with van der Waals surface area (Å²) in [5, 5.41) is 4.55. The van der Waals surface area contributed by atoms with Crippen molar-refractivity contribution in [2.45, 2.75) is 52.0 Å². The molecule has 0 heterocycles. The quantitative estimate of drug-likeness (QED) is 0.728. The van der Waals surface area contributed by atoms with E-state index in [1.165, 1.54) is 31.2 Å². The fourth-order valence-electron chi connectivity index (χ4n) is 2.74. The van der Waals surface area contributed by atoms with Crippen LogP contribution in [0.5, 0.6) is 0 Å². The fraction of sp³-hybridized carbons (Fsp3) is 0.647. The molecule has 1 nitrogen and oxygen atoms in total. The van der Waals surface area contributed by atoms with Crippen molar-refractivity contribution >= 4 is 11.6 Å². The fourth-order valence-corrected chi connectivity index (χ4v) is 2.95. The maximum atomic E-state index is 6.09. The maximum absolute atomic E-state index is 6.09. The Morgan fingerprint density at radius 2 is 2.16 bits per heavy atom. The Bertz CT molecular complexity index is 387. The first-order valence-electron chi connectivity index (χ1n) is 7.67. The van der Waals surface area contributed by atoms with Gasteiger partial charge in [0, 0.05) is 11.1 Å². The molecule has 0 aliphatic heterocycles. The average Bonchev–Trinajstić information content (AvgIpc) is 3.18. The molecule has 0 bridgehead atoms. The second kappa shape index (κ2) is 7.31. The van der Waals surface area contributed by atoms with Crippen LogP contribution in [0.15, 0.2) is 24.3 Å². The van der Waals surface area contributed by atoms with E-state index in [0.717, 1.165) is 35.9 Å². The minimum absolute atomic E-state index is 0.721. The second-order valence-corrected chi connectivity index (χ2v) is 6.48. The third-order valence-corrected chi connectivity index (χ3v) is 4.42. The third-order valence-electron chi connectivity index (χ3n) is 4.18. The van der Waals surface area contributed by atoms with Gasteiger partial charge >= 0.3 is 0 Å². The van der Waals surface area contributed by atoms with Gasteiger partial charge in [-0.25, -0.2) is 0 Å². The standard InChI is InChI=1S/C17H26ClN/c1-3-5-13(2)15(12-19-17-8-9-17)10-14-6-4-7-16(18)11-14/h4,6-7,11,13,15,17,19H,3,5,8-10,12H2,1-2H3. The molecule has 19 heavy (non-hydrogen) atoms. The van der Waals surface area contributed by atoms with E-state index in [-0.39, 0.29) is 0 Å². The van der Waals surface area contributed by atoms with Gasteiger partial charge < -0.3 is 5.32 Å². The predicted molar refractivity (Wildman–Crippen MR) is 83.7 cm³/mol. The molecule has 1 aliphatic rings. The Hall–Kier alpha value is -0.530. The van der Waals surface area contributed by atoms with Crippen molar-refractivity contribution < 1.29 is 0 Å². The molecule has 0 amide bonds. The predicted octanol–water partition coefficient (Wildman–Crippen LogP) is 4.69. The molecule has 2 unspecified atom stereocenters. The Kier molecular flexibility index (Phi) is 5.72. The third kappa shape index (κ3) is 5.16. The Labute approximate surface area is 122 Å². The van der Waals surface area contributed by atoms with Crippen molar-refractivity contribution in [3.8, 4) is 0 Å². The molecule has 0 saturated heterocycles. The SMILES string of the molecule is CCCC(C)C(CNC1CC1)Cc1cccc(Cl)c1. The van der Waals surface area contributed by atoms with Gasteiger partial charge in [-0.3, -0.25) is 0 Å². The van der Waals surface area contributed by atoms with Crippen LogP contribution in [0.2, 0.25) is 5.02 Å². The molecule has 1 N–H and O–H groups in total. The minimum Gasteiger partial charge on any atom is -0.314 e. The van der Waals surface area contributed by atoms with Crippen LogP contribution in [0.3, 0.4) is 0 Å². The summed E-state index contributed by atoms with van der Waals surface area (Å²) in [7, 11) is 0. The van der Waals surface area contributed by atoms with E-state index in [1.54, 1.807) is 0 Å². The highest BCUT2D eigenvalue weighted by molar-refractivity contribution is 6.30. The van der Waals surface area contributed by atoms with Gasteiger partial charge in [0.15, 0.2) is 0 Å². The maximum Gasteiger partial charge on any atom is 0.0408 e. The van der Waals surface area contributed by atoms with E-state index in [1.807, 2.05) is 6.07 Å². The van der Waals surface area contributed by atoms with E-state index in [2.05, 4.69) is 37.4 Å². The minimum atomic E-state index is 0.721. The number of benzene rings is 1. The lowest BCUT2D eigenvalue weighted by atomic mass is 9.85. The Balaban J connectivity index is 1.94. The lowest BCUT2D eigenvalue weighted by Gasteiger charge is -2.24. The van der Waals surface area contributed by atoms with Crippen molar-refractivity contribution in [3.05, 3.63) is 34.9 Å². The summed E-state index contributed by atoms with van der Waals surface area (Å²) >= 11 is 6.09. The van der Waals surface area contributed by atoms with Crippen molar-refractivity contribution in [2.24, 2.45) is 11.8 Å². The van der Waals surface area contributed by atoms with Crippen molar-refractivity contribution in [3.63, 3.8) is 0 Å². The lowest BCUT2D eigenvalue weighted by molar-refractivity contribution is 0.317. The molecule has 1 aromatic rings. The summed E-state index contributed by atoms with van der Waals surface area (Å²) in [6, 6.07) is 9.14. The zero-order chi connectivity index (χ0) is 13.7. The molecule has 2 atom stereocenters. The van der Waals surface area contributed by atoms with Gasteiger partial charge in [0.1, 0.15) is 0 Å². The molecule has 1 aromatic carbocycles.